The van der Waals surface area contributed by atoms with Crippen LogP contribution < -0.4 is 0 Å². The van der Waals surface area contributed by atoms with Gasteiger partial charge in [0, 0.05) is 6.54 Å². The largest absolute Gasteiger partial charge is 0.462 e. The molecule has 0 aliphatic rings. The van der Waals surface area contributed by atoms with Gasteiger partial charge in [0.2, 0.25) is 0 Å². The number of hydrogen-bond donors (Lipinski definition) is 0. The topological polar surface area (TPSA) is 55.3 Å². The van der Waals surface area contributed by atoms with E-state index in [0.717, 1.165) is 24.0 Å². The van der Waals surface area contributed by atoms with Crippen LogP contribution in [0.2, 0.25) is 0 Å². The van der Waals surface area contributed by atoms with Crippen LogP contribution in [0.25, 0.3) is 22.1 Å². The third kappa shape index (κ3) is 3.46. The normalized spacial score (nSPS) is 11.3. The van der Waals surface area contributed by atoms with Crippen molar-refractivity contribution in [2.75, 3.05) is 27.2 Å². The monoisotopic (exact) mass is 309 g/mol. The molecule has 1 aromatic heterocycles. The lowest BCUT2D eigenvalue weighted by atomic mass is 10.1. The van der Waals surface area contributed by atoms with Crippen LogP contribution in [0, 0.1) is 0 Å². The van der Waals surface area contributed by atoms with Gasteiger partial charge >= 0.3 is 5.97 Å². The predicted molar refractivity (Wildman–Crippen MR) is 90.5 cm³/mol. The van der Waals surface area contributed by atoms with E-state index in [1.165, 1.54) is 0 Å². The summed E-state index contributed by atoms with van der Waals surface area (Å²) in [6, 6.07) is 13.0. The van der Waals surface area contributed by atoms with Crippen LogP contribution in [0.4, 0.5) is 0 Å². The second-order valence-corrected chi connectivity index (χ2v) is 5.68. The second-order valence-electron chi connectivity index (χ2n) is 5.68. The zero-order valence-electron chi connectivity index (χ0n) is 13.3. The molecule has 0 fully saturated rings. The third-order valence-corrected chi connectivity index (χ3v) is 3.57. The number of fused-ring (bicyclic) bond motifs is 2. The maximum absolute atomic E-state index is 12.3. The highest BCUT2D eigenvalue weighted by atomic mass is 16.5. The smallest absolute Gasteiger partial charge is 0.340 e. The fourth-order valence-electron chi connectivity index (χ4n) is 2.43. The Morgan fingerprint density at radius 1 is 1.00 bits per heavy atom. The Morgan fingerprint density at radius 2 is 1.70 bits per heavy atom. The van der Waals surface area contributed by atoms with Crippen molar-refractivity contribution >= 4 is 28.0 Å². The predicted octanol–water partition coefficient (Wildman–Crippen LogP) is 2.89. The van der Waals surface area contributed by atoms with Gasteiger partial charge in [0.25, 0.3) is 0 Å². The van der Waals surface area contributed by atoms with Gasteiger partial charge in [-0.1, -0.05) is 18.2 Å². The summed E-state index contributed by atoms with van der Waals surface area (Å²) >= 11 is 0. The van der Waals surface area contributed by atoms with Crippen molar-refractivity contribution in [3.63, 3.8) is 0 Å². The summed E-state index contributed by atoms with van der Waals surface area (Å²) in [7, 11) is 3.99. The Kier molecular flexibility index (Phi) is 4.48. The summed E-state index contributed by atoms with van der Waals surface area (Å²) in [5.41, 5.74) is 3.34. The molecule has 0 atom stereocenters. The first-order chi connectivity index (χ1) is 11.1. The van der Waals surface area contributed by atoms with Crippen molar-refractivity contribution in [2.45, 2.75) is 6.42 Å². The van der Waals surface area contributed by atoms with Crippen LogP contribution in [0.15, 0.2) is 42.5 Å². The third-order valence-electron chi connectivity index (χ3n) is 3.57. The molecule has 0 saturated carbocycles. The van der Waals surface area contributed by atoms with Crippen LogP contribution in [0.3, 0.4) is 0 Å². The number of esters is 1. The van der Waals surface area contributed by atoms with Gasteiger partial charge in [0.05, 0.1) is 28.7 Å². The highest BCUT2D eigenvalue weighted by Gasteiger charge is 2.14. The van der Waals surface area contributed by atoms with Crippen LogP contribution in [-0.4, -0.2) is 48.1 Å². The molecule has 0 saturated heterocycles. The average Bonchev–Trinajstić information content (AvgIpc) is 2.56. The molecule has 0 aliphatic heterocycles. The van der Waals surface area contributed by atoms with Gasteiger partial charge < -0.3 is 9.64 Å². The van der Waals surface area contributed by atoms with Crippen molar-refractivity contribution < 1.29 is 9.53 Å². The van der Waals surface area contributed by atoms with Gasteiger partial charge in [0.15, 0.2) is 0 Å². The van der Waals surface area contributed by atoms with Crippen LogP contribution >= 0.6 is 0 Å². The molecule has 0 radical (unpaired) electrons. The van der Waals surface area contributed by atoms with Gasteiger partial charge in [-0.25, -0.2) is 14.8 Å². The number of nitrogens with zero attached hydrogens (tertiary/aromatic N) is 3. The van der Waals surface area contributed by atoms with Gasteiger partial charge in [-0.05, 0) is 44.8 Å². The van der Waals surface area contributed by atoms with Crippen LogP contribution in [0.5, 0.6) is 0 Å². The minimum atomic E-state index is -0.348. The minimum absolute atomic E-state index is 0.348. The summed E-state index contributed by atoms with van der Waals surface area (Å²) in [4.78, 5) is 23.5. The quantitative estimate of drug-likeness (QED) is 0.412. The molecule has 0 unspecified atom stereocenters. The van der Waals surface area contributed by atoms with Crippen molar-refractivity contribution in [1.29, 1.82) is 0 Å². The molecule has 3 rings (SSSR count). The van der Waals surface area contributed by atoms with Crippen molar-refractivity contribution in [1.82, 2.24) is 14.9 Å². The maximum atomic E-state index is 12.3. The number of benzene rings is 2. The lowest BCUT2D eigenvalue weighted by Gasteiger charge is -2.10. The highest BCUT2D eigenvalue weighted by Crippen LogP contribution is 2.20. The molecule has 5 nitrogen and oxygen atoms in total. The summed E-state index contributed by atoms with van der Waals surface area (Å²) in [5, 5.41) is 0. The molecule has 2 aromatic carbocycles. The Balaban J connectivity index is 1.88. The lowest BCUT2D eigenvalue weighted by molar-refractivity contribution is 0.0495. The minimum Gasteiger partial charge on any atom is -0.462 e. The summed E-state index contributed by atoms with van der Waals surface area (Å²) < 4.78 is 5.37. The Morgan fingerprint density at radius 3 is 2.43 bits per heavy atom. The van der Waals surface area contributed by atoms with E-state index in [4.69, 9.17) is 4.74 Å². The maximum Gasteiger partial charge on any atom is 0.340 e. The summed E-state index contributed by atoms with van der Waals surface area (Å²) in [6.07, 6.45) is 0.804. The Bertz CT molecular complexity index is 846. The van der Waals surface area contributed by atoms with Crippen LogP contribution in [0.1, 0.15) is 16.8 Å². The van der Waals surface area contributed by atoms with Crippen molar-refractivity contribution in [3.8, 4) is 0 Å². The number of ether oxygens (including phenoxy) is 1. The van der Waals surface area contributed by atoms with E-state index in [1.54, 1.807) is 6.07 Å². The zero-order valence-corrected chi connectivity index (χ0v) is 13.3. The summed E-state index contributed by atoms with van der Waals surface area (Å²) in [6.45, 7) is 1.28. The van der Waals surface area contributed by atoms with E-state index in [1.807, 2.05) is 50.5 Å². The molecule has 118 valence electrons. The molecule has 5 heteroatoms. The number of hydrogen-bond acceptors (Lipinski definition) is 5. The number of carbonyl (C=O) groups excluding carboxylic acids is 1. The first kappa shape index (κ1) is 15.4. The molecule has 0 spiro atoms. The molecule has 0 bridgehead atoms. The number of para-hydroxylation sites is 3. The van der Waals surface area contributed by atoms with Crippen molar-refractivity contribution in [3.05, 3.63) is 48.0 Å². The molecule has 0 aliphatic carbocycles. The van der Waals surface area contributed by atoms with E-state index in [9.17, 15) is 4.79 Å². The molecule has 23 heavy (non-hydrogen) atoms. The van der Waals surface area contributed by atoms with E-state index in [-0.39, 0.29) is 5.97 Å². The van der Waals surface area contributed by atoms with E-state index in [0.29, 0.717) is 23.2 Å². The van der Waals surface area contributed by atoms with Gasteiger partial charge in [-0.15, -0.1) is 0 Å². The van der Waals surface area contributed by atoms with Gasteiger partial charge in [-0.3, -0.25) is 0 Å². The van der Waals surface area contributed by atoms with Crippen LogP contribution in [-0.2, 0) is 4.74 Å². The molecule has 0 N–H and O–H groups in total. The molecular formula is C18H19N3O2. The van der Waals surface area contributed by atoms with Crippen molar-refractivity contribution in [2.24, 2.45) is 0 Å². The summed E-state index contributed by atoms with van der Waals surface area (Å²) in [5.74, 6) is -0.348. The number of rotatable bonds is 5. The second kappa shape index (κ2) is 6.71. The average molecular weight is 309 g/mol. The standard InChI is InChI=1S/C18H19N3O2/c1-21(2)11-6-12-23-18(22)13-7-5-10-16-17(13)20-15-9-4-3-8-14(15)19-16/h3-5,7-10H,6,11-12H2,1-2H3. The number of carbonyl (C=O) groups is 1. The fraction of sp³-hybridized carbons (Fsp3) is 0.278. The molecular weight excluding hydrogens is 290 g/mol. The molecule has 3 aromatic rings. The first-order valence-corrected chi connectivity index (χ1v) is 7.62. The first-order valence-electron chi connectivity index (χ1n) is 7.62. The molecule has 0 amide bonds. The molecule has 1 heterocycles. The number of aromatic nitrogens is 2. The fourth-order valence-corrected chi connectivity index (χ4v) is 2.43. The van der Waals surface area contributed by atoms with E-state index in [2.05, 4.69) is 14.9 Å². The SMILES string of the molecule is CN(C)CCCOC(=O)c1cccc2nc3ccccc3nc12. The van der Waals surface area contributed by atoms with Gasteiger partial charge in [-0.2, -0.15) is 0 Å². The highest BCUT2D eigenvalue weighted by molar-refractivity contribution is 6.03. The van der Waals surface area contributed by atoms with E-state index < -0.39 is 0 Å². The lowest BCUT2D eigenvalue weighted by Crippen LogP contribution is -2.16. The zero-order chi connectivity index (χ0) is 16.2. The Labute approximate surface area is 134 Å². The van der Waals surface area contributed by atoms with E-state index >= 15 is 0 Å². The van der Waals surface area contributed by atoms with Gasteiger partial charge in [0.1, 0.15) is 5.52 Å². The Hall–Kier alpha value is -2.53.